The average molecular weight is 374 g/mol. The molecular formula is C13H10BrF2N3OS. The Bertz CT molecular complexity index is 740. The molecule has 21 heavy (non-hydrogen) atoms. The number of hydrogen-bond donors (Lipinski definition) is 1. The molecule has 1 heterocycles. The van der Waals surface area contributed by atoms with E-state index in [0.717, 1.165) is 6.07 Å². The van der Waals surface area contributed by atoms with Gasteiger partial charge < -0.3 is 10.5 Å². The van der Waals surface area contributed by atoms with Gasteiger partial charge in [-0.25, -0.2) is 4.39 Å². The largest absolute Gasteiger partial charge is 0.434 e. The van der Waals surface area contributed by atoms with Crippen LogP contribution in [0.25, 0.3) is 0 Å². The molecule has 1 aromatic heterocycles. The summed E-state index contributed by atoms with van der Waals surface area (Å²) in [6.45, 7) is 3.47. The lowest BCUT2D eigenvalue weighted by Crippen LogP contribution is -2.15. The third-order valence-corrected chi connectivity index (χ3v) is 3.50. The highest BCUT2D eigenvalue weighted by Crippen LogP contribution is 2.31. The normalized spacial score (nSPS) is 10.5. The zero-order valence-electron chi connectivity index (χ0n) is 11.1. The van der Waals surface area contributed by atoms with Crippen LogP contribution in [-0.4, -0.2) is 15.2 Å². The SMILES string of the molecule is Cc1nnc(Oc2cc(Br)cc(F)c2F)c(C(N)=S)c1C. The van der Waals surface area contributed by atoms with Crippen molar-refractivity contribution in [3.05, 3.63) is 45.1 Å². The monoisotopic (exact) mass is 373 g/mol. The maximum Gasteiger partial charge on any atom is 0.249 e. The minimum Gasteiger partial charge on any atom is -0.434 e. The number of thiocarbonyl (C=S) groups is 1. The Morgan fingerprint density at radius 3 is 2.57 bits per heavy atom. The molecule has 0 amide bonds. The highest BCUT2D eigenvalue weighted by atomic mass is 79.9. The number of rotatable bonds is 3. The van der Waals surface area contributed by atoms with Crippen molar-refractivity contribution in [1.29, 1.82) is 0 Å². The Morgan fingerprint density at radius 2 is 1.95 bits per heavy atom. The van der Waals surface area contributed by atoms with Crippen molar-refractivity contribution in [1.82, 2.24) is 10.2 Å². The number of aryl methyl sites for hydroxylation is 1. The maximum absolute atomic E-state index is 13.7. The third-order valence-electron chi connectivity index (χ3n) is 2.84. The molecule has 2 aromatic rings. The summed E-state index contributed by atoms with van der Waals surface area (Å²) in [5.41, 5.74) is 7.27. The van der Waals surface area contributed by atoms with Crippen molar-refractivity contribution >= 4 is 33.1 Å². The van der Waals surface area contributed by atoms with Gasteiger partial charge >= 0.3 is 0 Å². The van der Waals surface area contributed by atoms with Crippen LogP contribution in [0.15, 0.2) is 16.6 Å². The van der Waals surface area contributed by atoms with Gasteiger partial charge in [0.15, 0.2) is 11.6 Å². The molecule has 110 valence electrons. The molecule has 0 aliphatic carbocycles. The minimum atomic E-state index is -1.13. The fourth-order valence-electron chi connectivity index (χ4n) is 1.66. The summed E-state index contributed by atoms with van der Waals surface area (Å²) in [7, 11) is 0. The standard InChI is InChI=1S/C13H10BrF2N3OS/c1-5-6(2)18-19-13(10(5)12(17)21)20-9-4-7(14)3-8(15)11(9)16/h3-4H,1-2H3,(H2,17,21). The zero-order chi connectivity index (χ0) is 15.7. The topological polar surface area (TPSA) is 61.0 Å². The summed E-state index contributed by atoms with van der Waals surface area (Å²) in [6, 6.07) is 2.27. The van der Waals surface area contributed by atoms with E-state index in [4.69, 9.17) is 22.7 Å². The van der Waals surface area contributed by atoms with Crippen molar-refractivity contribution in [3.63, 3.8) is 0 Å². The van der Waals surface area contributed by atoms with Gasteiger partial charge in [-0.05, 0) is 31.5 Å². The number of nitrogens with zero attached hydrogens (tertiary/aromatic N) is 2. The summed E-state index contributed by atoms with van der Waals surface area (Å²) in [4.78, 5) is 0.0383. The lowest BCUT2D eigenvalue weighted by molar-refractivity contribution is 0.399. The van der Waals surface area contributed by atoms with E-state index < -0.39 is 11.6 Å². The van der Waals surface area contributed by atoms with Crippen LogP contribution in [0.5, 0.6) is 11.6 Å². The molecule has 2 rings (SSSR count). The van der Waals surface area contributed by atoms with Gasteiger partial charge in [-0.2, -0.15) is 9.49 Å². The predicted octanol–water partition coefficient (Wildman–Crippen LogP) is 3.56. The van der Waals surface area contributed by atoms with Crippen molar-refractivity contribution in [2.45, 2.75) is 13.8 Å². The average Bonchev–Trinajstić information content (AvgIpc) is 2.39. The highest BCUT2D eigenvalue weighted by molar-refractivity contribution is 9.10. The molecule has 0 aliphatic heterocycles. The molecule has 0 bridgehead atoms. The predicted molar refractivity (Wildman–Crippen MR) is 81.5 cm³/mol. The van der Waals surface area contributed by atoms with E-state index >= 15 is 0 Å². The molecule has 0 spiro atoms. The second kappa shape index (κ2) is 5.98. The fraction of sp³-hybridized carbons (Fsp3) is 0.154. The number of nitrogens with two attached hydrogens (primary N) is 1. The van der Waals surface area contributed by atoms with E-state index in [1.165, 1.54) is 6.07 Å². The van der Waals surface area contributed by atoms with Gasteiger partial charge in [-0.1, -0.05) is 28.1 Å². The summed E-state index contributed by atoms with van der Waals surface area (Å²) >= 11 is 8.01. The number of benzene rings is 1. The van der Waals surface area contributed by atoms with Gasteiger partial charge in [-0.3, -0.25) is 0 Å². The van der Waals surface area contributed by atoms with E-state index in [1.54, 1.807) is 13.8 Å². The van der Waals surface area contributed by atoms with Crippen LogP contribution < -0.4 is 10.5 Å². The lowest BCUT2D eigenvalue weighted by Gasteiger charge is -2.13. The third kappa shape index (κ3) is 3.16. The van der Waals surface area contributed by atoms with Gasteiger partial charge in [0.25, 0.3) is 0 Å². The van der Waals surface area contributed by atoms with Crippen LogP contribution in [0, 0.1) is 25.5 Å². The van der Waals surface area contributed by atoms with Crippen LogP contribution >= 0.6 is 28.1 Å². The van der Waals surface area contributed by atoms with Crippen LogP contribution in [0.1, 0.15) is 16.8 Å². The van der Waals surface area contributed by atoms with Crippen LogP contribution in [-0.2, 0) is 0 Å². The summed E-state index contributed by atoms with van der Waals surface area (Å²) in [5.74, 6) is -2.58. The smallest absolute Gasteiger partial charge is 0.249 e. The molecule has 1 aromatic carbocycles. The molecule has 4 nitrogen and oxygen atoms in total. The van der Waals surface area contributed by atoms with Crippen molar-refractivity contribution in [3.8, 4) is 11.6 Å². The number of ether oxygens (including phenoxy) is 1. The van der Waals surface area contributed by atoms with Gasteiger partial charge in [0.1, 0.15) is 4.99 Å². The van der Waals surface area contributed by atoms with E-state index in [9.17, 15) is 8.78 Å². The second-order valence-corrected chi connectivity index (χ2v) is 5.61. The van der Waals surface area contributed by atoms with Crippen LogP contribution in [0.4, 0.5) is 8.78 Å². The van der Waals surface area contributed by atoms with Crippen LogP contribution in [0.3, 0.4) is 0 Å². The molecule has 0 atom stereocenters. The van der Waals surface area contributed by atoms with Gasteiger partial charge in [0.05, 0.1) is 11.3 Å². The first-order valence-corrected chi connectivity index (χ1v) is 6.97. The first kappa shape index (κ1) is 15.7. The number of halogens is 3. The van der Waals surface area contributed by atoms with E-state index in [1.807, 2.05) is 0 Å². The maximum atomic E-state index is 13.7. The van der Waals surface area contributed by atoms with E-state index in [-0.39, 0.29) is 16.6 Å². The number of hydrogen-bond acceptors (Lipinski definition) is 4. The zero-order valence-corrected chi connectivity index (χ0v) is 13.5. The molecule has 0 fully saturated rings. The molecule has 8 heteroatoms. The highest BCUT2D eigenvalue weighted by Gasteiger charge is 2.19. The Balaban J connectivity index is 2.55. The second-order valence-electron chi connectivity index (χ2n) is 4.26. The molecule has 0 saturated carbocycles. The molecule has 0 radical (unpaired) electrons. The van der Waals surface area contributed by atoms with Crippen LogP contribution in [0.2, 0.25) is 0 Å². The Labute approximate surface area is 133 Å². The van der Waals surface area contributed by atoms with Gasteiger partial charge in [0.2, 0.25) is 11.7 Å². The molecule has 0 unspecified atom stereocenters. The van der Waals surface area contributed by atoms with Crippen molar-refractivity contribution in [2.24, 2.45) is 5.73 Å². The van der Waals surface area contributed by atoms with Crippen molar-refractivity contribution < 1.29 is 13.5 Å². The first-order chi connectivity index (χ1) is 9.81. The quantitative estimate of drug-likeness (QED) is 0.658. The summed E-state index contributed by atoms with van der Waals surface area (Å²) < 4.78 is 32.8. The first-order valence-electron chi connectivity index (χ1n) is 5.77. The molecule has 0 saturated heterocycles. The summed E-state index contributed by atoms with van der Waals surface area (Å²) in [5, 5.41) is 7.69. The Kier molecular flexibility index (Phi) is 4.48. The molecular weight excluding hydrogens is 364 g/mol. The fourth-order valence-corrected chi connectivity index (χ4v) is 2.31. The van der Waals surface area contributed by atoms with E-state index in [0.29, 0.717) is 21.3 Å². The van der Waals surface area contributed by atoms with Crippen molar-refractivity contribution in [2.75, 3.05) is 0 Å². The van der Waals surface area contributed by atoms with Gasteiger partial charge in [0, 0.05) is 4.47 Å². The molecule has 2 N–H and O–H groups in total. The number of aromatic nitrogens is 2. The minimum absolute atomic E-state index is 0.0383. The lowest BCUT2D eigenvalue weighted by atomic mass is 10.1. The Morgan fingerprint density at radius 1 is 1.29 bits per heavy atom. The Hall–Kier alpha value is -1.67. The molecule has 0 aliphatic rings. The van der Waals surface area contributed by atoms with E-state index in [2.05, 4.69) is 26.1 Å². The summed E-state index contributed by atoms with van der Waals surface area (Å²) in [6.07, 6.45) is 0. The van der Waals surface area contributed by atoms with Gasteiger partial charge in [-0.15, -0.1) is 5.10 Å².